The molecule has 4 nitrogen and oxygen atoms in total. The molecule has 0 aliphatic carbocycles. The van der Waals surface area contributed by atoms with Crippen LogP contribution >= 0.6 is 11.3 Å². The SMILES string of the molecule is CCc1cccc2c(-c3csc(NC[C@H]4CCCO4)n3)c[nH]c12. The second-order valence-corrected chi connectivity index (χ2v) is 6.81. The van der Waals surface area contributed by atoms with Crippen molar-refractivity contribution in [1.82, 2.24) is 9.97 Å². The van der Waals surface area contributed by atoms with Crippen LogP contribution in [0.4, 0.5) is 5.13 Å². The summed E-state index contributed by atoms with van der Waals surface area (Å²) in [5.41, 5.74) is 4.79. The van der Waals surface area contributed by atoms with E-state index in [1.165, 1.54) is 28.5 Å². The van der Waals surface area contributed by atoms with Gasteiger partial charge < -0.3 is 15.0 Å². The lowest BCUT2D eigenvalue weighted by molar-refractivity contribution is 0.120. The quantitative estimate of drug-likeness (QED) is 0.728. The van der Waals surface area contributed by atoms with E-state index in [-0.39, 0.29) is 0 Å². The molecule has 2 N–H and O–H groups in total. The number of aromatic amines is 1. The lowest BCUT2D eigenvalue weighted by atomic mass is 10.1. The van der Waals surface area contributed by atoms with Gasteiger partial charge in [-0.25, -0.2) is 4.98 Å². The third-order valence-corrected chi connectivity index (χ3v) is 5.27. The van der Waals surface area contributed by atoms with E-state index in [0.29, 0.717) is 6.10 Å². The van der Waals surface area contributed by atoms with Gasteiger partial charge in [0.25, 0.3) is 0 Å². The Morgan fingerprint density at radius 1 is 1.43 bits per heavy atom. The number of nitrogens with one attached hydrogen (secondary N) is 2. The fourth-order valence-corrected chi connectivity index (χ4v) is 3.93. The van der Waals surface area contributed by atoms with Gasteiger partial charge in [-0.15, -0.1) is 11.3 Å². The normalized spacial score (nSPS) is 17.9. The van der Waals surface area contributed by atoms with Crippen molar-refractivity contribution in [3.63, 3.8) is 0 Å². The zero-order valence-electron chi connectivity index (χ0n) is 13.3. The zero-order valence-corrected chi connectivity index (χ0v) is 14.1. The van der Waals surface area contributed by atoms with E-state index in [9.17, 15) is 0 Å². The Hall–Kier alpha value is -1.85. The fourth-order valence-electron chi connectivity index (χ4n) is 3.21. The van der Waals surface area contributed by atoms with E-state index in [4.69, 9.17) is 9.72 Å². The van der Waals surface area contributed by atoms with E-state index in [1.807, 2.05) is 0 Å². The highest BCUT2D eigenvalue weighted by Gasteiger charge is 2.16. The summed E-state index contributed by atoms with van der Waals surface area (Å²) in [4.78, 5) is 8.17. The maximum Gasteiger partial charge on any atom is 0.183 e. The Bertz CT molecular complexity index is 802. The molecule has 0 spiro atoms. The second-order valence-electron chi connectivity index (χ2n) is 5.95. The molecular weight excluding hydrogens is 306 g/mol. The molecule has 0 radical (unpaired) electrons. The van der Waals surface area contributed by atoms with Crippen LogP contribution < -0.4 is 5.32 Å². The topological polar surface area (TPSA) is 49.9 Å². The summed E-state index contributed by atoms with van der Waals surface area (Å²) in [5, 5.41) is 7.76. The maximum absolute atomic E-state index is 5.65. The molecule has 120 valence electrons. The third-order valence-electron chi connectivity index (χ3n) is 4.47. The van der Waals surface area contributed by atoms with Crippen LogP contribution in [0.25, 0.3) is 22.2 Å². The number of thiazole rings is 1. The van der Waals surface area contributed by atoms with Crippen molar-refractivity contribution in [2.75, 3.05) is 18.5 Å². The molecule has 3 heterocycles. The van der Waals surface area contributed by atoms with Gasteiger partial charge in [0.2, 0.25) is 0 Å². The summed E-state index contributed by atoms with van der Waals surface area (Å²) < 4.78 is 5.65. The van der Waals surface area contributed by atoms with Crippen LogP contribution in [-0.4, -0.2) is 29.2 Å². The predicted molar refractivity (Wildman–Crippen MR) is 96.2 cm³/mol. The summed E-state index contributed by atoms with van der Waals surface area (Å²) in [6, 6.07) is 6.47. The minimum absolute atomic E-state index is 0.336. The summed E-state index contributed by atoms with van der Waals surface area (Å²) in [5.74, 6) is 0. The van der Waals surface area contributed by atoms with Crippen LogP contribution in [0.2, 0.25) is 0 Å². The van der Waals surface area contributed by atoms with E-state index in [1.54, 1.807) is 11.3 Å². The van der Waals surface area contributed by atoms with Gasteiger partial charge in [0.05, 0.1) is 11.8 Å². The molecule has 1 aromatic carbocycles. The van der Waals surface area contributed by atoms with E-state index in [2.05, 4.69) is 47.0 Å². The number of rotatable bonds is 5. The monoisotopic (exact) mass is 327 g/mol. The molecule has 23 heavy (non-hydrogen) atoms. The number of hydrogen-bond donors (Lipinski definition) is 2. The Labute approximate surface area is 139 Å². The molecule has 1 atom stereocenters. The first kappa shape index (κ1) is 14.7. The number of aryl methyl sites for hydroxylation is 1. The first-order chi connectivity index (χ1) is 11.3. The number of H-pyrrole nitrogens is 1. The molecule has 1 aliphatic rings. The lowest BCUT2D eigenvalue weighted by Gasteiger charge is -2.09. The smallest absolute Gasteiger partial charge is 0.183 e. The summed E-state index contributed by atoms with van der Waals surface area (Å²) in [6.45, 7) is 3.93. The van der Waals surface area contributed by atoms with Crippen molar-refractivity contribution >= 4 is 27.4 Å². The molecule has 4 rings (SSSR count). The van der Waals surface area contributed by atoms with Crippen LogP contribution in [0, 0.1) is 0 Å². The van der Waals surface area contributed by atoms with Crippen LogP contribution in [0.5, 0.6) is 0 Å². The molecule has 2 aromatic heterocycles. The van der Waals surface area contributed by atoms with Gasteiger partial charge in [0.15, 0.2) is 5.13 Å². The number of fused-ring (bicyclic) bond motifs is 1. The molecule has 0 bridgehead atoms. The van der Waals surface area contributed by atoms with Gasteiger partial charge in [-0.2, -0.15) is 0 Å². The number of anilines is 1. The van der Waals surface area contributed by atoms with Crippen molar-refractivity contribution < 1.29 is 4.74 Å². The molecule has 1 saturated heterocycles. The van der Waals surface area contributed by atoms with Gasteiger partial charge in [-0.3, -0.25) is 0 Å². The molecule has 5 heteroatoms. The predicted octanol–water partition coefficient (Wildman–Crippen LogP) is 4.44. The maximum atomic E-state index is 5.65. The fraction of sp³-hybridized carbons (Fsp3) is 0.389. The Morgan fingerprint density at radius 3 is 3.22 bits per heavy atom. The number of para-hydroxylation sites is 1. The van der Waals surface area contributed by atoms with Crippen LogP contribution in [0.3, 0.4) is 0 Å². The molecule has 0 unspecified atom stereocenters. The molecule has 0 saturated carbocycles. The van der Waals surface area contributed by atoms with Crippen molar-refractivity contribution in [2.24, 2.45) is 0 Å². The number of ether oxygens (including phenoxy) is 1. The number of benzene rings is 1. The van der Waals surface area contributed by atoms with Crippen molar-refractivity contribution in [1.29, 1.82) is 0 Å². The average molecular weight is 327 g/mol. The van der Waals surface area contributed by atoms with Gasteiger partial charge in [0, 0.05) is 41.2 Å². The largest absolute Gasteiger partial charge is 0.376 e. The van der Waals surface area contributed by atoms with Crippen molar-refractivity contribution in [3.05, 3.63) is 35.3 Å². The Kier molecular flexibility index (Phi) is 4.06. The molecule has 0 amide bonds. The Balaban J connectivity index is 1.56. The van der Waals surface area contributed by atoms with Gasteiger partial charge >= 0.3 is 0 Å². The molecular formula is C18H21N3OS. The zero-order chi connectivity index (χ0) is 15.6. The van der Waals surface area contributed by atoms with E-state index >= 15 is 0 Å². The Morgan fingerprint density at radius 2 is 2.39 bits per heavy atom. The van der Waals surface area contributed by atoms with E-state index in [0.717, 1.165) is 36.8 Å². The first-order valence-electron chi connectivity index (χ1n) is 8.25. The average Bonchev–Trinajstić information content (AvgIpc) is 3.31. The summed E-state index contributed by atoms with van der Waals surface area (Å²) in [7, 11) is 0. The van der Waals surface area contributed by atoms with E-state index < -0.39 is 0 Å². The van der Waals surface area contributed by atoms with Gasteiger partial charge in [-0.05, 0) is 24.8 Å². The minimum atomic E-state index is 0.336. The highest BCUT2D eigenvalue weighted by Crippen LogP contribution is 2.32. The number of aromatic nitrogens is 2. The number of nitrogens with zero attached hydrogens (tertiary/aromatic N) is 1. The number of hydrogen-bond acceptors (Lipinski definition) is 4. The summed E-state index contributed by atoms with van der Waals surface area (Å²) >= 11 is 1.66. The highest BCUT2D eigenvalue weighted by molar-refractivity contribution is 7.14. The van der Waals surface area contributed by atoms with Crippen molar-refractivity contribution in [2.45, 2.75) is 32.3 Å². The lowest BCUT2D eigenvalue weighted by Crippen LogP contribution is -2.18. The van der Waals surface area contributed by atoms with Crippen LogP contribution in [0.1, 0.15) is 25.3 Å². The van der Waals surface area contributed by atoms with Crippen LogP contribution in [0.15, 0.2) is 29.8 Å². The van der Waals surface area contributed by atoms with Crippen LogP contribution in [-0.2, 0) is 11.2 Å². The van der Waals surface area contributed by atoms with Gasteiger partial charge in [0.1, 0.15) is 0 Å². The molecule has 3 aromatic rings. The third kappa shape index (κ3) is 2.86. The highest BCUT2D eigenvalue weighted by atomic mass is 32.1. The first-order valence-corrected chi connectivity index (χ1v) is 9.13. The standard InChI is InChI=1S/C18H21N3OS/c1-2-12-5-3-7-14-15(10-19-17(12)14)16-11-23-18(21-16)20-9-13-6-4-8-22-13/h3,5,7,10-11,13,19H,2,4,6,8-9H2,1H3,(H,20,21)/t13-/m1/s1. The molecule has 1 aliphatic heterocycles. The summed E-state index contributed by atoms with van der Waals surface area (Å²) in [6.07, 6.45) is 5.76. The van der Waals surface area contributed by atoms with Gasteiger partial charge in [-0.1, -0.05) is 25.1 Å². The molecule has 1 fully saturated rings. The van der Waals surface area contributed by atoms with Crippen molar-refractivity contribution in [3.8, 4) is 11.3 Å². The minimum Gasteiger partial charge on any atom is -0.376 e. The second kappa shape index (κ2) is 6.34.